The minimum absolute atomic E-state index is 0.0164. The number of benzene rings is 1. The van der Waals surface area contributed by atoms with Crippen LogP contribution in [0.4, 0.5) is 4.39 Å². The van der Waals surface area contributed by atoms with E-state index in [1.807, 2.05) is 0 Å². The number of ether oxygens (including phenoxy) is 1. The van der Waals surface area contributed by atoms with Crippen molar-refractivity contribution in [1.82, 2.24) is 15.0 Å². The zero-order valence-corrected chi connectivity index (χ0v) is 9.78. The van der Waals surface area contributed by atoms with Crippen LogP contribution in [-0.4, -0.2) is 21.6 Å². The number of rotatable bonds is 3. The van der Waals surface area contributed by atoms with Crippen molar-refractivity contribution in [2.24, 2.45) is 0 Å². The molecule has 1 aromatic heterocycles. The van der Waals surface area contributed by atoms with Gasteiger partial charge >= 0.3 is 6.01 Å². The van der Waals surface area contributed by atoms with Gasteiger partial charge in [0.15, 0.2) is 5.82 Å². The molecule has 0 saturated heterocycles. The van der Waals surface area contributed by atoms with Gasteiger partial charge in [-0.2, -0.15) is 15.0 Å². The fraction of sp³-hybridized carbons (Fsp3) is 0.182. The SMILES string of the molecule is CCOc1nc(Cl)nc(-c2cccc(F)c2)n1. The summed E-state index contributed by atoms with van der Waals surface area (Å²) in [5.41, 5.74) is 0.523. The lowest BCUT2D eigenvalue weighted by Gasteiger charge is -2.04. The second-order valence-corrected chi connectivity index (χ2v) is 3.49. The zero-order valence-electron chi connectivity index (χ0n) is 9.02. The van der Waals surface area contributed by atoms with Crippen molar-refractivity contribution in [3.05, 3.63) is 35.4 Å². The van der Waals surface area contributed by atoms with Crippen LogP contribution in [0.15, 0.2) is 24.3 Å². The largest absolute Gasteiger partial charge is 0.464 e. The predicted octanol–water partition coefficient (Wildman–Crippen LogP) is 2.73. The summed E-state index contributed by atoms with van der Waals surface area (Å²) in [5.74, 6) is -0.0788. The Morgan fingerprint density at radius 3 is 2.82 bits per heavy atom. The summed E-state index contributed by atoms with van der Waals surface area (Å²) in [5, 5.41) is 0.0164. The number of nitrogens with zero attached hydrogens (tertiary/aromatic N) is 3. The van der Waals surface area contributed by atoms with E-state index in [1.165, 1.54) is 12.1 Å². The van der Waals surface area contributed by atoms with Gasteiger partial charge in [-0.25, -0.2) is 4.39 Å². The Balaban J connectivity index is 2.44. The van der Waals surface area contributed by atoms with Gasteiger partial charge < -0.3 is 4.74 Å². The average Bonchev–Trinajstić information content (AvgIpc) is 2.28. The van der Waals surface area contributed by atoms with Crippen molar-refractivity contribution in [1.29, 1.82) is 0 Å². The highest BCUT2D eigenvalue weighted by Gasteiger charge is 2.08. The van der Waals surface area contributed by atoms with Gasteiger partial charge in [-0.1, -0.05) is 12.1 Å². The first-order chi connectivity index (χ1) is 8.19. The Morgan fingerprint density at radius 1 is 1.29 bits per heavy atom. The van der Waals surface area contributed by atoms with Gasteiger partial charge in [0, 0.05) is 5.56 Å². The summed E-state index contributed by atoms with van der Waals surface area (Å²) in [7, 11) is 0. The molecule has 0 radical (unpaired) electrons. The Labute approximate surface area is 102 Å². The molecule has 0 aliphatic rings. The average molecular weight is 254 g/mol. The van der Waals surface area contributed by atoms with Crippen LogP contribution in [0.3, 0.4) is 0 Å². The van der Waals surface area contributed by atoms with Crippen LogP contribution in [-0.2, 0) is 0 Å². The standard InChI is InChI=1S/C11H9ClFN3O/c1-2-17-11-15-9(14-10(12)16-11)7-4-3-5-8(13)6-7/h3-6H,2H2,1H3. The van der Waals surface area contributed by atoms with E-state index >= 15 is 0 Å². The quantitative estimate of drug-likeness (QED) is 0.844. The molecule has 4 nitrogen and oxygen atoms in total. The van der Waals surface area contributed by atoms with E-state index in [1.54, 1.807) is 19.1 Å². The molecule has 0 saturated carbocycles. The Kier molecular flexibility index (Phi) is 3.49. The minimum atomic E-state index is -0.364. The van der Waals surface area contributed by atoms with Crippen LogP contribution in [0, 0.1) is 5.82 Å². The molecule has 0 aliphatic carbocycles. The highest BCUT2D eigenvalue weighted by atomic mass is 35.5. The molecule has 0 aliphatic heterocycles. The van der Waals surface area contributed by atoms with Gasteiger partial charge in [-0.05, 0) is 30.7 Å². The fourth-order valence-electron chi connectivity index (χ4n) is 1.28. The molecule has 17 heavy (non-hydrogen) atoms. The Morgan fingerprint density at radius 2 is 2.12 bits per heavy atom. The van der Waals surface area contributed by atoms with E-state index in [0.717, 1.165) is 0 Å². The van der Waals surface area contributed by atoms with Crippen LogP contribution in [0.2, 0.25) is 5.28 Å². The Bertz CT molecular complexity index is 536. The van der Waals surface area contributed by atoms with Crippen molar-refractivity contribution < 1.29 is 9.13 Å². The number of hydrogen-bond donors (Lipinski definition) is 0. The molecule has 0 N–H and O–H groups in total. The van der Waals surface area contributed by atoms with Crippen LogP contribution in [0.25, 0.3) is 11.4 Å². The number of hydrogen-bond acceptors (Lipinski definition) is 4. The monoisotopic (exact) mass is 253 g/mol. The smallest absolute Gasteiger partial charge is 0.321 e. The van der Waals surface area contributed by atoms with E-state index in [0.29, 0.717) is 12.2 Å². The first kappa shape index (κ1) is 11.7. The maximum absolute atomic E-state index is 13.1. The van der Waals surface area contributed by atoms with Crippen molar-refractivity contribution in [3.8, 4) is 17.4 Å². The molecule has 88 valence electrons. The molecule has 0 atom stereocenters. The predicted molar refractivity (Wildman–Crippen MR) is 61.4 cm³/mol. The molecule has 2 aromatic rings. The van der Waals surface area contributed by atoms with Crippen molar-refractivity contribution in [2.75, 3.05) is 6.61 Å². The molecule has 0 amide bonds. The summed E-state index contributed by atoms with van der Waals surface area (Å²) in [4.78, 5) is 11.8. The summed E-state index contributed by atoms with van der Waals surface area (Å²) in [6, 6.07) is 6.05. The number of aromatic nitrogens is 3. The maximum atomic E-state index is 13.1. The first-order valence-electron chi connectivity index (χ1n) is 4.99. The fourth-order valence-corrected chi connectivity index (χ4v) is 1.43. The molecule has 0 spiro atoms. The van der Waals surface area contributed by atoms with Gasteiger partial charge in [0.2, 0.25) is 5.28 Å². The summed E-state index contributed by atoms with van der Waals surface area (Å²) in [6.45, 7) is 2.22. The third-order valence-electron chi connectivity index (χ3n) is 1.94. The van der Waals surface area contributed by atoms with Gasteiger partial charge in [0.1, 0.15) is 5.82 Å². The zero-order chi connectivity index (χ0) is 12.3. The summed E-state index contributed by atoms with van der Waals surface area (Å²) >= 11 is 5.74. The first-order valence-corrected chi connectivity index (χ1v) is 5.37. The molecule has 0 fully saturated rings. The second-order valence-electron chi connectivity index (χ2n) is 3.15. The number of halogens is 2. The van der Waals surface area contributed by atoms with E-state index in [2.05, 4.69) is 15.0 Å². The highest BCUT2D eigenvalue weighted by molar-refractivity contribution is 6.28. The van der Waals surface area contributed by atoms with E-state index in [9.17, 15) is 4.39 Å². The van der Waals surface area contributed by atoms with Crippen LogP contribution >= 0.6 is 11.6 Å². The van der Waals surface area contributed by atoms with Gasteiger partial charge in [-0.3, -0.25) is 0 Å². The van der Waals surface area contributed by atoms with Crippen molar-refractivity contribution in [3.63, 3.8) is 0 Å². The lowest BCUT2D eigenvalue weighted by Crippen LogP contribution is -2.01. The molecule has 2 rings (SSSR count). The molecule has 0 bridgehead atoms. The maximum Gasteiger partial charge on any atom is 0.321 e. The lowest BCUT2D eigenvalue weighted by molar-refractivity contribution is 0.312. The molecular formula is C11H9ClFN3O. The molecule has 1 aromatic carbocycles. The van der Waals surface area contributed by atoms with E-state index < -0.39 is 0 Å². The lowest BCUT2D eigenvalue weighted by atomic mass is 10.2. The van der Waals surface area contributed by atoms with E-state index in [4.69, 9.17) is 16.3 Å². The van der Waals surface area contributed by atoms with Gasteiger partial charge in [0.25, 0.3) is 0 Å². The summed E-state index contributed by atoms with van der Waals surface area (Å²) < 4.78 is 18.2. The Hall–Kier alpha value is -1.75. The second kappa shape index (κ2) is 5.05. The van der Waals surface area contributed by atoms with Crippen LogP contribution in [0.1, 0.15) is 6.92 Å². The molecule has 1 heterocycles. The van der Waals surface area contributed by atoms with E-state index in [-0.39, 0.29) is 22.9 Å². The van der Waals surface area contributed by atoms with Crippen LogP contribution < -0.4 is 4.74 Å². The normalized spacial score (nSPS) is 10.3. The van der Waals surface area contributed by atoms with Crippen LogP contribution in [0.5, 0.6) is 6.01 Å². The summed E-state index contributed by atoms with van der Waals surface area (Å²) in [6.07, 6.45) is 0. The molecule has 0 unspecified atom stereocenters. The van der Waals surface area contributed by atoms with Crippen molar-refractivity contribution in [2.45, 2.75) is 6.92 Å². The third kappa shape index (κ3) is 2.88. The highest BCUT2D eigenvalue weighted by Crippen LogP contribution is 2.19. The third-order valence-corrected chi connectivity index (χ3v) is 2.11. The van der Waals surface area contributed by atoms with Gasteiger partial charge in [-0.15, -0.1) is 0 Å². The molecule has 6 heteroatoms. The topological polar surface area (TPSA) is 47.9 Å². The molecular weight excluding hydrogens is 245 g/mol. The van der Waals surface area contributed by atoms with Gasteiger partial charge in [0.05, 0.1) is 6.61 Å². The van der Waals surface area contributed by atoms with Crippen molar-refractivity contribution >= 4 is 11.6 Å². The minimum Gasteiger partial charge on any atom is -0.464 e.